The molecule has 2 N–H and O–H groups in total. The van der Waals surface area contributed by atoms with Crippen LogP contribution in [0.1, 0.15) is 38.4 Å². The molecule has 0 saturated heterocycles. The number of hydrogen-bond acceptors (Lipinski definition) is 4. The molecule has 4 rings (SSSR count). The zero-order chi connectivity index (χ0) is 20.5. The molecule has 0 saturated carbocycles. The molecular formula is C23H24N2O4. The Labute approximate surface area is 169 Å². The van der Waals surface area contributed by atoms with Crippen molar-refractivity contribution in [2.75, 3.05) is 6.79 Å². The summed E-state index contributed by atoms with van der Waals surface area (Å²) in [5, 5.41) is 13.2. The quantitative estimate of drug-likeness (QED) is 0.660. The van der Waals surface area contributed by atoms with Gasteiger partial charge in [-0.15, -0.1) is 0 Å². The van der Waals surface area contributed by atoms with Crippen molar-refractivity contribution in [3.05, 3.63) is 76.1 Å². The summed E-state index contributed by atoms with van der Waals surface area (Å²) in [5.74, 6) is 0.591. The van der Waals surface area contributed by atoms with Crippen LogP contribution in [0.25, 0.3) is 5.69 Å². The number of hydrogen-bond donors (Lipinski definition) is 2. The van der Waals surface area contributed by atoms with Crippen LogP contribution in [0.15, 0.2) is 42.5 Å². The number of aromatic carboxylic acids is 1. The van der Waals surface area contributed by atoms with Crippen molar-refractivity contribution in [3.8, 4) is 17.2 Å². The first-order chi connectivity index (χ1) is 14.0. The van der Waals surface area contributed by atoms with Crippen molar-refractivity contribution in [1.82, 2.24) is 9.88 Å². The van der Waals surface area contributed by atoms with E-state index in [9.17, 15) is 9.90 Å². The van der Waals surface area contributed by atoms with Gasteiger partial charge in [0.05, 0.1) is 5.56 Å². The van der Waals surface area contributed by atoms with Crippen LogP contribution in [0.3, 0.4) is 0 Å². The highest BCUT2D eigenvalue weighted by Crippen LogP contribution is 2.32. The normalized spacial score (nSPS) is 12.4. The molecule has 150 valence electrons. The number of aryl methyl sites for hydroxylation is 1. The van der Waals surface area contributed by atoms with Gasteiger partial charge in [-0.1, -0.05) is 23.8 Å². The second-order valence-corrected chi connectivity index (χ2v) is 7.29. The maximum absolute atomic E-state index is 12.0. The fourth-order valence-corrected chi connectivity index (χ4v) is 3.86. The fourth-order valence-electron chi connectivity index (χ4n) is 3.86. The first-order valence-corrected chi connectivity index (χ1v) is 9.56. The Morgan fingerprint density at radius 2 is 1.72 bits per heavy atom. The number of aromatic nitrogens is 1. The first kappa shape index (κ1) is 19.1. The van der Waals surface area contributed by atoms with Gasteiger partial charge in [-0.3, -0.25) is 0 Å². The van der Waals surface area contributed by atoms with Gasteiger partial charge in [0.1, 0.15) is 0 Å². The minimum absolute atomic E-state index is 0.249. The van der Waals surface area contributed by atoms with Crippen molar-refractivity contribution >= 4 is 5.97 Å². The van der Waals surface area contributed by atoms with E-state index in [2.05, 4.69) is 5.32 Å². The summed E-state index contributed by atoms with van der Waals surface area (Å²) in [6.07, 6.45) is 0. The zero-order valence-corrected chi connectivity index (χ0v) is 16.8. The Morgan fingerprint density at radius 3 is 2.45 bits per heavy atom. The van der Waals surface area contributed by atoms with E-state index in [1.165, 1.54) is 5.56 Å². The monoisotopic (exact) mass is 392 g/mol. The van der Waals surface area contributed by atoms with Crippen LogP contribution in [-0.2, 0) is 13.1 Å². The number of ether oxygens (including phenoxy) is 2. The van der Waals surface area contributed by atoms with Crippen LogP contribution in [0.2, 0.25) is 0 Å². The molecule has 0 radical (unpaired) electrons. The molecule has 3 aromatic rings. The molecule has 2 aromatic carbocycles. The molecule has 0 amide bonds. The summed E-state index contributed by atoms with van der Waals surface area (Å²) < 4.78 is 12.8. The van der Waals surface area contributed by atoms with Crippen molar-refractivity contribution in [2.45, 2.75) is 33.9 Å². The molecule has 0 spiro atoms. The first-order valence-electron chi connectivity index (χ1n) is 9.56. The minimum atomic E-state index is -0.906. The summed E-state index contributed by atoms with van der Waals surface area (Å²) in [7, 11) is 0. The third kappa shape index (κ3) is 3.59. The molecule has 2 heterocycles. The average Bonchev–Trinajstić information content (AvgIpc) is 3.25. The van der Waals surface area contributed by atoms with E-state index in [-0.39, 0.29) is 6.79 Å². The molecule has 0 bridgehead atoms. The Kier molecular flexibility index (Phi) is 5.03. The molecule has 1 aliphatic heterocycles. The largest absolute Gasteiger partial charge is 0.478 e. The second kappa shape index (κ2) is 7.64. The Morgan fingerprint density at radius 1 is 1.00 bits per heavy atom. The lowest BCUT2D eigenvalue weighted by Gasteiger charge is -2.11. The van der Waals surface area contributed by atoms with Gasteiger partial charge < -0.3 is 24.5 Å². The van der Waals surface area contributed by atoms with E-state index in [4.69, 9.17) is 9.47 Å². The Bertz CT molecular complexity index is 1070. The second-order valence-electron chi connectivity index (χ2n) is 7.29. The molecule has 6 nitrogen and oxygen atoms in total. The Balaban J connectivity index is 1.58. The highest BCUT2D eigenvalue weighted by molar-refractivity contribution is 5.91. The maximum Gasteiger partial charge on any atom is 0.337 e. The van der Waals surface area contributed by atoms with Gasteiger partial charge >= 0.3 is 5.97 Å². The van der Waals surface area contributed by atoms with Crippen LogP contribution >= 0.6 is 0 Å². The van der Waals surface area contributed by atoms with E-state index in [0.29, 0.717) is 18.7 Å². The molecule has 0 fully saturated rings. The highest BCUT2D eigenvalue weighted by atomic mass is 16.7. The number of carbonyl (C=O) groups is 1. The average molecular weight is 392 g/mol. The predicted octanol–water partition coefficient (Wildman–Crippen LogP) is 4.12. The smallest absolute Gasteiger partial charge is 0.337 e. The SMILES string of the molecule is Cc1ccc(-n2c(C)c(CNCc3ccc4c(c3)OCO4)c(C(=O)O)c2C)cc1. The third-order valence-corrected chi connectivity index (χ3v) is 5.35. The van der Waals surface area contributed by atoms with E-state index >= 15 is 0 Å². The van der Waals surface area contributed by atoms with Gasteiger partial charge in [-0.25, -0.2) is 4.79 Å². The standard InChI is InChI=1S/C23H24N2O4/c1-14-4-7-18(8-5-14)25-15(2)19(22(16(25)3)23(26)27)12-24-11-17-6-9-20-21(10-17)29-13-28-20/h4-10,24H,11-13H2,1-3H3,(H,26,27). The topological polar surface area (TPSA) is 72.7 Å². The van der Waals surface area contributed by atoms with E-state index in [1.807, 2.05) is 67.8 Å². The van der Waals surface area contributed by atoms with Crippen molar-refractivity contribution < 1.29 is 19.4 Å². The maximum atomic E-state index is 12.0. The van der Waals surface area contributed by atoms with Crippen LogP contribution in [0.5, 0.6) is 11.5 Å². The molecule has 1 aliphatic rings. The number of fused-ring (bicyclic) bond motifs is 1. The molecular weight excluding hydrogens is 368 g/mol. The van der Waals surface area contributed by atoms with Crippen LogP contribution in [0.4, 0.5) is 0 Å². The number of nitrogens with one attached hydrogen (secondary N) is 1. The van der Waals surface area contributed by atoms with Crippen LogP contribution < -0.4 is 14.8 Å². The van der Waals surface area contributed by atoms with Gasteiger partial charge in [0.15, 0.2) is 11.5 Å². The lowest BCUT2D eigenvalue weighted by molar-refractivity contribution is 0.0695. The van der Waals surface area contributed by atoms with Gasteiger partial charge in [0.2, 0.25) is 6.79 Å². The summed E-state index contributed by atoms with van der Waals surface area (Å²) >= 11 is 0. The number of nitrogens with zero attached hydrogens (tertiary/aromatic N) is 1. The number of benzene rings is 2. The molecule has 0 atom stereocenters. The lowest BCUT2D eigenvalue weighted by atomic mass is 10.1. The molecule has 29 heavy (non-hydrogen) atoms. The molecule has 0 aliphatic carbocycles. The van der Waals surface area contributed by atoms with E-state index < -0.39 is 5.97 Å². The van der Waals surface area contributed by atoms with Crippen molar-refractivity contribution in [3.63, 3.8) is 0 Å². The summed E-state index contributed by atoms with van der Waals surface area (Å²) in [6, 6.07) is 13.9. The highest BCUT2D eigenvalue weighted by Gasteiger charge is 2.23. The van der Waals surface area contributed by atoms with Gasteiger partial charge in [0, 0.05) is 35.7 Å². The number of carboxylic acid groups (broad SMARTS) is 1. The van der Waals surface area contributed by atoms with Crippen LogP contribution in [-0.4, -0.2) is 22.4 Å². The number of rotatable bonds is 6. The van der Waals surface area contributed by atoms with E-state index in [0.717, 1.165) is 39.7 Å². The predicted molar refractivity (Wildman–Crippen MR) is 110 cm³/mol. The molecule has 1 aromatic heterocycles. The van der Waals surface area contributed by atoms with Gasteiger partial charge in [-0.05, 0) is 50.6 Å². The molecule has 0 unspecified atom stereocenters. The number of carboxylic acids is 1. The zero-order valence-electron chi connectivity index (χ0n) is 16.8. The van der Waals surface area contributed by atoms with Gasteiger partial charge in [-0.2, -0.15) is 0 Å². The Hall–Kier alpha value is -3.25. The fraction of sp³-hybridized carbons (Fsp3) is 0.261. The van der Waals surface area contributed by atoms with E-state index in [1.54, 1.807) is 0 Å². The third-order valence-electron chi connectivity index (χ3n) is 5.35. The van der Waals surface area contributed by atoms with Crippen molar-refractivity contribution in [1.29, 1.82) is 0 Å². The van der Waals surface area contributed by atoms with Gasteiger partial charge in [0.25, 0.3) is 0 Å². The summed E-state index contributed by atoms with van der Waals surface area (Å²) in [5.41, 5.74) is 6.02. The summed E-state index contributed by atoms with van der Waals surface area (Å²) in [6.45, 7) is 7.17. The summed E-state index contributed by atoms with van der Waals surface area (Å²) in [4.78, 5) is 12.0. The van der Waals surface area contributed by atoms with Crippen LogP contribution in [0, 0.1) is 20.8 Å². The lowest BCUT2D eigenvalue weighted by Crippen LogP contribution is -2.15. The van der Waals surface area contributed by atoms with Crippen molar-refractivity contribution in [2.24, 2.45) is 0 Å². The molecule has 6 heteroatoms. The minimum Gasteiger partial charge on any atom is -0.478 e.